The number of hydrogen-bond donors (Lipinski definition) is 1. The van der Waals surface area contributed by atoms with Crippen molar-refractivity contribution in [1.82, 2.24) is 9.88 Å². The number of fused-ring (bicyclic) bond motifs is 5. The van der Waals surface area contributed by atoms with Gasteiger partial charge in [-0.1, -0.05) is 18.2 Å². The molecule has 1 atom stereocenters. The van der Waals surface area contributed by atoms with E-state index in [1.807, 2.05) is 24.3 Å². The molecule has 11 heteroatoms. The molecule has 3 aromatic carbocycles. The number of amides is 3. The summed E-state index contributed by atoms with van der Waals surface area (Å²) in [7, 11) is 0. The van der Waals surface area contributed by atoms with Gasteiger partial charge in [0, 0.05) is 17.4 Å². The van der Waals surface area contributed by atoms with Crippen LogP contribution in [0, 0.1) is 29.1 Å². The number of anilines is 1. The summed E-state index contributed by atoms with van der Waals surface area (Å²) in [5, 5.41) is 0.978. The second-order valence-electron chi connectivity index (χ2n) is 8.92. The molecular weight excluding hydrogens is 497 g/mol. The van der Waals surface area contributed by atoms with Gasteiger partial charge < -0.3 is 14.6 Å². The summed E-state index contributed by atoms with van der Waals surface area (Å²) in [6.07, 6.45) is 0.552. The molecule has 6 nitrogen and oxygen atoms in total. The van der Waals surface area contributed by atoms with Gasteiger partial charge in [-0.15, -0.1) is 0 Å². The smallest absolute Gasteiger partial charge is 0.332 e. The molecule has 1 saturated heterocycles. The summed E-state index contributed by atoms with van der Waals surface area (Å²) < 4.78 is 73.1. The van der Waals surface area contributed by atoms with Crippen LogP contribution in [0.4, 0.5) is 32.4 Å². The van der Waals surface area contributed by atoms with Crippen LogP contribution in [0.5, 0.6) is 11.5 Å². The lowest BCUT2D eigenvalue weighted by Gasteiger charge is -2.35. The summed E-state index contributed by atoms with van der Waals surface area (Å²) in [5.74, 6) is -13.1. The normalized spacial score (nSPS) is 19.0. The van der Waals surface area contributed by atoms with Crippen molar-refractivity contribution in [1.29, 1.82) is 0 Å². The molecule has 1 fully saturated rings. The standard InChI is InChI=1S/C26H16F5N3O3/c1-26-23-15(14-4-2-3-5-16(14)32-23)10-11-33(26)25(36)34(24(26)35)12-6-8-13(9-7-12)37-22-20(30)18(28)17(27)19(29)21(22)31/h2-9,32H,10-11H2,1H3/t26-/m0/s1. The van der Waals surface area contributed by atoms with E-state index in [0.29, 0.717) is 18.7 Å². The van der Waals surface area contributed by atoms with Crippen LogP contribution < -0.4 is 9.64 Å². The predicted molar refractivity (Wildman–Crippen MR) is 122 cm³/mol. The Morgan fingerprint density at radius 3 is 2.16 bits per heavy atom. The molecule has 2 aliphatic heterocycles. The van der Waals surface area contributed by atoms with Crippen molar-refractivity contribution in [2.45, 2.75) is 18.9 Å². The molecule has 3 heterocycles. The topological polar surface area (TPSA) is 65.6 Å². The average Bonchev–Trinajstić information content (AvgIpc) is 3.38. The van der Waals surface area contributed by atoms with Crippen LogP contribution in [0.25, 0.3) is 10.9 Å². The maximum atomic E-state index is 14.0. The minimum absolute atomic E-state index is 0.146. The minimum atomic E-state index is -2.30. The lowest BCUT2D eigenvalue weighted by Crippen LogP contribution is -2.49. The molecule has 188 valence electrons. The van der Waals surface area contributed by atoms with Gasteiger partial charge >= 0.3 is 6.03 Å². The molecule has 37 heavy (non-hydrogen) atoms. The number of carbonyl (C=O) groups is 2. The van der Waals surface area contributed by atoms with Crippen molar-refractivity contribution in [2.24, 2.45) is 0 Å². The Morgan fingerprint density at radius 1 is 0.865 bits per heavy atom. The number of halogens is 5. The first-order valence-electron chi connectivity index (χ1n) is 11.2. The van der Waals surface area contributed by atoms with E-state index < -0.39 is 52.3 Å². The summed E-state index contributed by atoms with van der Waals surface area (Å²) >= 11 is 0. The van der Waals surface area contributed by atoms with Crippen LogP contribution in [0.15, 0.2) is 48.5 Å². The van der Waals surface area contributed by atoms with E-state index in [2.05, 4.69) is 4.98 Å². The van der Waals surface area contributed by atoms with E-state index in [9.17, 15) is 31.5 Å². The number of rotatable bonds is 3. The van der Waals surface area contributed by atoms with E-state index in [1.165, 1.54) is 17.0 Å². The maximum absolute atomic E-state index is 14.0. The number of benzene rings is 3. The van der Waals surface area contributed by atoms with Crippen LogP contribution >= 0.6 is 0 Å². The summed E-state index contributed by atoms with van der Waals surface area (Å²) in [4.78, 5) is 32.8. The molecule has 1 aromatic heterocycles. The molecule has 4 aromatic rings. The lowest BCUT2D eigenvalue weighted by atomic mass is 9.87. The molecule has 3 amide bonds. The monoisotopic (exact) mass is 513 g/mol. The molecule has 0 spiro atoms. The zero-order valence-electron chi connectivity index (χ0n) is 19.0. The SMILES string of the molecule is C[C@]12C(=O)N(c3ccc(Oc4c(F)c(F)c(F)c(F)c4F)cc3)C(=O)N1CCc1c2[nH]c2ccccc12. The average molecular weight is 513 g/mol. The Balaban J connectivity index is 1.34. The summed E-state index contributed by atoms with van der Waals surface area (Å²) in [6, 6.07) is 11.9. The van der Waals surface area contributed by atoms with Gasteiger partial charge in [-0.05, 0) is 49.2 Å². The number of nitrogens with zero attached hydrogens (tertiary/aromatic N) is 2. The van der Waals surface area contributed by atoms with Gasteiger partial charge in [-0.3, -0.25) is 4.79 Å². The maximum Gasteiger partial charge on any atom is 0.332 e. The highest BCUT2D eigenvalue weighted by molar-refractivity contribution is 6.23. The number of nitrogens with one attached hydrogen (secondary N) is 1. The number of aromatic nitrogens is 1. The van der Waals surface area contributed by atoms with Crippen LogP contribution in [-0.4, -0.2) is 28.4 Å². The molecule has 0 radical (unpaired) electrons. The second kappa shape index (κ2) is 7.79. The second-order valence-corrected chi connectivity index (χ2v) is 8.92. The first kappa shape index (κ1) is 23.0. The lowest BCUT2D eigenvalue weighted by molar-refractivity contribution is -0.125. The summed E-state index contributed by atoms with van der Waals surface area (Å²) in [5.41, 5.74) is 1.31. The molecule has 0 saturated carbocycles. The number of imide groups is 1. The Labute approximate surface area is 205 Å². The van der Waals surface area contributed by atoms with Crippen LogP contribution in [-0.2, 0) is 16.8 Å². The molecule has 2 aliphatic rings. The molecule has 0 bridgehead atoms. The number of ether oxygens (including phenoxy) is 1. The number of carbonyl (C=O) groups excluding carboxylic acids is 2. The third-order valence-corrected chi connectivity index (χ3v) is 6.95. The zero-order valence-corrected chi connectivity index (χ0v) is 19.0. The third kappa shape index (κ3) is 3.03. The van der Waals surface area contributed by atoms with E-state index in [-0.39, 0.29) is 11.4 Å². The van der Waals surface area contributed by atoms with Crippen molar-refractivity contribution < 1.29 is 36.3 Å². The van der Waals surface area contributed by atoms with Crippen LogP contribution in [0.1, 0.15) is 18.2 Å². The van der Waals surface area contributed by atoms with Crippen LogP contribution in [0.3, 0.4) is 0 Å². The minimum Gasteiger partial charge on any atom is -0.451 e. The fourth-order valence-electron chi connectivity index (χ4n) is 5.08. The Hall–Kier alpha value is -4.41. The van der Waals surface area contributed by atoms with E-state index >= 15 is 0 Å². The number of urea groups is 1. The largest absolute Gasteiger partial charge is 0.451 e. The van der Waals surface area contributed by atoms with E-state index in [0.717, 1.165) is 33.5 Å². The van der Waals surface area contributed by atoms with Crippen LogP contribution in [0.2, 0.25) is 0 Å². The van der Waals surface area contributed by atoms with Crippen molar-refractivity contribution in [3.05, 3.63) is 88.9 Å². The molecule has 0 unspecified atom stereocenters. The number of hydrogen-bond acceptors (Lipinski definition) is 3. The van der Waals surface area contributed by atoms with Crippen molar-refractivity contribution in [3.63, 3.8) is 0 Å². The fraction of sp³-hybridized carbons (Fsp3) is 0.154. The van der Waals surface area contributed by atoms with Gasteiger partial charge in [0.05, 0.1) is 11.4 Å². The van der Waals surface area contributed by atoms with Gasteiger partial charge in [0.1, 0.15) is 5.75 Å². The van der Waals surface area contributed by atoms with E-state index in [4.69, 9.17) is 4.74 Å². The number of aromatic amines is 1. The molecular formula is C26H16F5N3O3. The zero-order chi connectivity index (χ0) is 26.2. The van der Waals surface area contributed by atoms with E-state index in [1.54, 1.807) is 6.92 Å². The number of para-hydroxylation sites is 1. The number of H-pyrrole nitrogens is 1. The van der Waals surface area contributed by atoms with Gasteiger partial charge in [0.2, 0.25) is 34.8 Å². The van der Waals surface area contributed by atoms with Gasteiger partial charge in [0.15, 0.2) is 5.54 Å². The Bertz CT molecular complexity index is 1610. The quantitative estimate of drug-likeness (QED) is 0.161. The Kier molecular flexibility index (Phi) is 4.85. The summed E-state index contributed by atoms with van der Waals surface area (Å²) in [6.45, 7) is 1.98. The molecule has 6 rings (SSSR count). The van der Waals surface area contributed by atoms with Gasteiger partial charge in [0.25, 0.3) is 5.91 Å². The van der Waals surface area contributed by atoms with Crippen molar-refractivity contribution >= 4 is 28.5 Å². The highest BCUT2D eigenvalue weighted by atomic mass is 19.2. The molecule has 0 aliphatic carbocycles. The predicted octanol–water partition coefficient (Wildman–Crippen LogP) is 5.90. The fourth-order valence-corrected chi connectivity index (χ4v) is 5.08. The van der Waals surface area contributed by atoms with Gasteiger partial charge in [-0.2, -0.15) is 8.78 Å². The highest BCUT2D eigenvalue weighted by Gasteiger charge is 2.59. The first-order chi connectivity index (χ1) is 17.6. The Morgan fingerprint density at radius 2 is 1.49 bits per heavy atom. The van der Waals surface area contributed by atoms with Crippen molar-refractivity contribution in [2.75, 3.05) is 11.4 Å². The third-order valence-electron chi connectivity index (χ3n) is 6.95. The molecule has 1 N–H and O–H groups in total. The van der Waals surface area contributed by atoms with Gasteiger partial charge in [-0.25, -0.2) is 22.9 Å². The highest BCUT2D eigenvalue weighted by Crippen LogP contribution is 2.45. The first-order valence-corrected chi connectivity index (χ1v) is 11.2. The van der Waals surface area contributed by atoms with Crippen molar-refractivity contribution in [3.8, 4) is 11.5 Å².